The van der Waals surface area contributed by atoms with E-state index >= 15 is 0 Å². The molecule has 5 fully saturated rings. The third kappa shape index (κ3) is 4.35. The molecular weight excluding hydrogens is 438 g/mol. The molecule has 200 valence electrons. The zero-order valence-electron chi connectivity index (χ0n) is 22.9. The van der Waals surface area contributed by atoms with Gasteiger partial charge in [-0.05, 0) is 123 Å². The van der Waals surface area contributed by atoms with Crippen molar-refractivity contribution in [3.05, 3.63) is 0 Å². The molecule has 5 heteroatoms. The maximum atomic E-state index is 12.1. The summed E-state index contributed by atoms with van der Waals surface area (Å²) in [5.41, 5.74) is 0.492. The Balaban J connectivity index is 1.27. The Kier molecular flexibility index (Phi) is 6.78. The molecule has 5 saturated carbocycles. The first kappa shape index (κ1) is 25.8. The Morgan fingerprint density at radius 1 is 0.971 bits per heavy atom. The van der Waals surface area contributed by atoms with Gasteiger partial charge in [0, 0.05) is 5.54 Å². The van der Waals surface area contributed by atoms with Crippen LogP contribution in [0.5, 0.6) is 0 Å². The van der Waals surface area contributed by atoms with Crippen molar-refractivity contribution in [1.29, 1.82) is 0 Å². The lowest BCUT2D eigenvalue weighted by Crippen LogP contribution is -2.62. The summed E-state index contributed by atoms with van der Waals surface area (Å²) >= 11 is 0. The lowest BCUT2D eigenvalue weighted by Gasteiger charge is -2.64. The highest BCUT2D eigenvalue weighted by molar-refractivity contribution is 5.68. The van der Waals surface area contributed by atoms with Crippen molar-refractivity contribution in [1.82, 2.24) is 5.32 Å². The maximum absolute atomic E-state index is 12.1. The monoisotopic (exact) mass is 489 g/mol. The van der Waals surface area contributed by atoms with Crippen molar-refractivity contribution in [2.75, 3.05) is 6.61 Å². The van der Waals surface area contributed by atoms with Gasteiger partial charge in [-0.15, -0.1) is 0 Å². The van der Waals surface area contributed by atoms with Crippen molar-refractivity contribution in [3.8, 4) is 0 Å². The standard InChI is InChI=1S/C30H51NO4/c1-6-20-24-17-19(32)9-12-30(24,5)23-10-13-29(4)21(7-8-22(29)25(23)26(20)33)18(2)11-16-35-27(34)31-28(3)14-15-28/h18-26,32-33H,6-17H2,1-5H3,(H,31,34)/t18-,19-,20-,21-,22+,23+,24+,25+,26-,29-,30-/m1/s1. The fraction of sp³-hybridized carbons (Fsp3) is 0.967. The van der Waals surface area contributed by atoms with Crippen LogP contribution < -0.4 is 5.32 Å². The molecular formula is C30H51NO4. The molecule has 0 aromatic heterocycles. The van der Waals surface area contributed by atoms with Gasteiger partial charge in [0.1, 0.15) is 0 Å². The van der Waals surface area contributed by atoms with Crippen LogP contribution in [0.1, 0.15) is 105 Å². The topological polar surface area (TPSA) is 78.8 Å². The van der Waals surface area contributed by atoms with E-state index in [9.17, 15) is 15.0 Å². The van der Waals surface area contributed by atoms with E-state index in [-0.39, 0.29) is 34.7 Å². The SMILES string of the molecule is CC[C@H]1[C@@H](O)[C@@H]2[C@H](CC[C@]3(C)[C@@H]([C@H](C)CCOC(=O)NC4(C)CC4)CC[C@@H]23)[C@@]2(C)CC[C@@H](O)C[C@@H]12. The Morgan fingerprint density at radius 3 is 2.34 bits per heavy atom. The summed E-state index contributed by atoms with van der Waals surface area (Å²) < 4.78 is 5.56. The van der Waals surface area contributed by atoms with E-state index in [2.05, 4.69) is 39.9 Å². The van der Waals surface area contributed by atoms with Gasteiger partial charge in [0.15, 0.2) is 0 Å². The second-order valence-electron chi connectivity index (χ2n) is 14.2. The molecule has 3 N–H and O–H groups in total. The molecule has 5 aliphatic rings. The second-order valence-corrected chi connectivity index (χ2v) is 14.2. The highest BCUT2D eigenvalue weighted by Crippen LogP contribution is 2.69. The number of nitrogens with one attached hydrogen (secondary N) is 1. The molecule has 5 nitrogen and oxygen atoms in total. The number of carbonyl (C=O) groups excluding carboxylic acids is 1. The summed E-state index contributed by atoms with van der Waals surface area (Å²) in [5.74, 6) is 3.48. The molecule has 0 aromatic rings. The van der Waals surface area contributed by atoms with Gasteiger partial charge < -0.3 is 20.3 Å². The number of aliphatic hydroxyl groups is 2. The molecule has 0 saturated heterocycles. The Morgan fingerprint density at radius 2 is 1.66 bits per heavy atom. The van der Waals surface area contributed by atoms with Gasteiger partial charge in [0.05, 0.1) is 18.8 Å². The molecule has 0 radical (unpaired) electrons. The minimum atomic E-state index is -0.260. The molecule has 0 aromatic carbocycles. The van der Waals surface area contributed by atoms with Gasteiger partial charge in [-0.3, -0.25) is 0 Å². The van der Waals surface area contributed by atoms with Crippen LogP contribution in [0.3, 0.4) is 0 Å². The molecule has 0 aliphatic heterocycles. The van der Waals surface area contributed by atoms with Crippen molar-refractivity contribution < 1.29 is 19.7 Å². The first-order chi connectivity index (χ1) is 16.5. The van der Waals surface area contributed by atoms with Crippen LogP contribution in [0, 0.1) is 52.3 Å². The van der Waals surface area contributed by atoms with Crippen molar-refractivity contribution >= 4 is 6.09 Å². The molecule has 5 rings (SSSR count). The van der Waals surface area contributed by atoms with Crippen LogP contribution in [0.4, 0.5) is 4.79 Å². The Labute approximate surface area is 213 Å². The minimum Gasteiger partial charge on any atom is -0.450 e. The smallest absolute Gasteiger partial charge is 0.407 e. The number of hydrogen-bond donors (Lipinski definition) is 3. The summed E-state index contributed by atoms with van der Waals surface area (Å²) in [6.07, 6.45) is 11.2. The van der Waals surface area contributed by atoms with E-state index in [1.165, 1.54) is 25.7 Å². The van der Waals surface area contributed by atoms with E-state index in [1.54, 1.807) is 0 Å². The summed E-state index contributed by atoms with van der Waals surface area (Å²) in [6.45, 7) is 12.2. The zero-order chi connectivity index (χ0) is 25.2. The summed E-state index contributed by atoms with van der Waals surface area (Å²) in [6, 6.07) is 0. The molecule has 0 bridgehead atoms. The lowest BCUT2D eigenvalue weighted by molar-refractivity contribution is -0.203. The number of ether oxygens (including phenoxy) is 1. The highest BCUT2D eigenvalue weighted by Gasteiger charge is 2.64. The van der Waals surface area contributed by atoms with Crippen LogP contribution in [0.2, 0.25) is 0 Å². The van der Waals surface area contributed by atoms with Crippen LogP contribution in [-0.4, -0.2) is 40.7 Å². The third-order valence-corrected chi connectivity index (χ3v) is 12.4. The van der Waals surface area contributed by atoms with Crippen LogP contribution >= 0.6 is 0 Å². The van der Waals surface area contributed by atoms with Crippen molar-refractivity contribution in [2.45, 2.75) is 123 Å². The first-order valence-electron chi connectivity index (χ1n) is 14.8. The van der Waals surface area contributed by atoms with Crippen LogP contribution in [-0.2, 0) is 4.74 Å². The number of hydrogen-bond acceptors (Lipinski definition) is 4. The fourth-order valence-corrected chi connectivity index (χ4v) is 10.1. The fourth-order valence-electron chi connectivity index (χ4n) is 10.1. The predicted molar refractivity (Wildman–Crippen MR) is 138 cm³/mol. The number of rotatable bonds is 6. The first-order valence-corrected chi connectivity index (χ1v) is 14.8. The van der Waals surface area contributed by atoms with Gasteiger partial charge in [-0.1, -0.05) is 34.1 Å². The maximum Gasteiger partial charge on any atom is 0.407 e. The van der Waals surface area contributed by atoms with Crippen LogP contribution in [0.15, 0.2) is 0 Å². The van der Waals surface area contributed by atoms with E-state index in [0.717, 1.165) is 44.9 Å². The Hall–Kier alpha value is -0.810. The summed E-state index contributed by atoms with van der Waals surface area (Å²) in [5, 5.41) is 25.3. The van der Waals surface area contributed by atoms with Crippen LogP contribution in [0.25, 0.3) is 0 Å². The average Bonchev–Trinajstić information content (AvgIpc) is 3.41. The predicted octanol–water partition coefficient (Wildman–Crippen LogP) is 5.92. The van der Waals surface area contributed by atoms with Gasteiger partial charge in [-0.25, -0.2) is 4.79 Å². The van der Waals surface area contributed by atoms with Gasteiger partial charge >= 0.3 is 6.09 Å². The number of aliphatic hydroxyl groups excluding tert-OH is 2. The molecule has 5 aliphatic carbocycles. The summed E-state index contributed by atoms with van der Waals surface area (Å²) in [7, 11) is 0. The highest BCUT2D eigenvalue weighted by atomic mass is 16.5. The quantitative estimate of drug-likeness (QED) is 0.433. The van der Waals surface area contributed by atoms with E-state index < -0.39 is 0 Å². The van der Waals surface area contributed by atoms with Gasteiger partial charge in [0.25, 0.3) is 0 Å². The lowest BCUT2D eigenvalue weighted by atomic mass is 9.41. The molecule has 11 atom stereocenters. The number of alkyl carbamates (subject to hydrolysis) is 1. The zero-order valence-corrected chi connectivity index (χ0v) is 22.9. The number of carbonyl (C=O) groups is 1. The molecule has 0 spiro atoms. The number of amides is 1. The molecule has 0 unspecified atom stereocenters. The minimum absolute atomic E-state index is 0.0310. The van der Waals surface area contributed by atoms with E-state index in [4.69, 9.17) is 4.74 Å². The largest absolute Gasteiger partial charge is 0.450 e. The molecule has 35 heavy (non-hydrogen) atoms. The van der Waals surface area contributed by atoms with Gasteiger partial charge in [-0.2, -0.15) is 0 Å². The van der Waals surface area contributed by atoms with Gasteiger partial charge in [0.2, 0.25) is 0 Å². The normalized spacial score (nSPS) is 48.8. The molecule has 1 amide bonds. The molecule has 0 heterocycles. The van der Waals surface area contributed by atoms with E-state index in [0.29, 0.717) is 48.0 Å². The summed E-state index contributed by atoms with van der Waals surface area (Å²) in [4.78, 5) is 12.1. The third-order valence-electron chi connectivity index (χ3n) is 12.4. The van der Waals surface area contributed by atoms with Crippen molar-refractivity contribution in [2.24, 2.45) is 52.3 Å². The van der Waals surface area contributed by atoms with E-state index in [1.807, 2.05) is 0 Å². The Bertz CT molecular complexity index is 797. The number of fused-ring (bicyclic) bond motifs is 5. The second kappa shape index (κ2) is 9.19. The average molecular weight is 490 g/mol. The van der Waals surface area contributed by atoms with Crippen molar-refractivity contribution in [3.63, 3.8) is 0 Å².